The Hall–Kier alpha value is -2.88. The fraction of sp³-hybridized carbons (Fsp3) is 0.222. The van der Waals surface area contributed by atoms with Crippen LogP contribution in [0.2, 0.25) is 0 Å². The Kier molecular flexibility index (Phi) is 6.45. The molecule has 2 amide bonds. The van der Waals surface area contributed by atoms with Crippen molar-refractivity contribution < 1.29 is 31.2 Å². The van der Waals surface area contributed by atoms with Crippen LogP contribution in [0.1, 0.15) is 22.3 Å². The van der Waals surface area contributed by atoms with Crippen molar-refractivity contribution >= 4 is 21.7 Å². The summed E-state index contributed by atoms with van der Waals surface area (Å²) in [6, 6.07) is 9.75. The van der Waals surface area contributed by atoms with Gasteiger partial charge in [-0.15, -0.1) is 0 Å². The average molecular weight is 414 g/mol. The molecule has 10 heteroatoms. The molecule has 1 atom stereocenters. The molecular formula is C18H17F3N2O4S. The third-order valence-electron chi connectivity index (χ3n) is 3.88. The van der Waals surface area contributed by atoms with Gasteiger partial charge in [-0.2, -0.15) is 13.2 Å². The third kappa shape index (κ3) is 5.56. The standard InChI is InChI=1S/C18H17F3N2O4S/c19-18(20,21)13-6-4-5-12(11-13)17(25)23-15(16(22)24)9-10-28(26,27)14-7-2-1-3-8-14/h1-8,11,15H,9-10H2,(H2,22,24)(H,23,25)/t15-/m1/s1. The molecule has 0 heterocycles. The van der Waals surface area contributed by atoms with Gasteiger partial charge < -0.3 is 11.1 Å². The predicted molar refractivity (Wildman–Crippen MR) is 95.0 cm³/mol. The summed E-state index contributed by atoms with van der Waals surface area (Å²) in [5.41, 5.74) is 3.85. The van der Waals surface area contributed by atoms with E-state index in [9.17, 15) is 31.2 Å². The van der Waals surface area contributed by atoms with Crippen molar-refractivity contribution in [3.05, 3.63) is 65.7 Å². The van der Waals surface area contributed by atoms with Gasteiger partial charge in [-0.25, -0.2) is 8.42 Å². The van der Waals surface area contributed by atoms with Crippen molar-refractivity contribution in [1.82, 2.24) is 5.32 Å². The number of benzene rings is 2. The zero-order valence-electron chi connectivity index (χ0n) is 14.4. The Morgan fingerprint density at radius 2 is 1.68 bits per heavy atom. The van der Waals surface area contributed by atoms with E-state index in [4.69, 9.17) is 5.73 Å². The maximum absolute atomic E-state index is 12.8. The number of primary amides is 1. The molecule has 0 radical (unpaired) electrons. The van der Waals surface area contributed by atoms with E-state index >= 15 is 0 Å². The minimum Gasteiger partial charge on any atom is -0.368 e. The summed E-state index contributed by atoms with van der Waals surface area (Å²) in [7, 11) is -3.72. The van der Waals surface area contributed by atoms with Crippen LogP contribution in [0.15, 0.2) is 59.5 Å². The van der Waals surface area contributed by atoms with Gasteiger partial charge in [0.15, 0.2) is 9.84 Å². The number of halogens is 3. The lowest BCUT2D eigenvalue weighted by Gasteiger charge is -2.16. The Morgan fingerprint density at radius 3 is 2.25 bits per heavy atom. The number of carbonyl (C=O) groups is 2. The first-order valence-corrected chi connectivity index (χ1v) is 9.71. The maximum Gasteiger partial charge on any atom is 0.416 e. The van der Waals surface area contributed by atoms with E-state index in [0.717, 1.165) is 18.2 Å². The van der Waals surface area contributed by atoms with Crippen LogP contribution in [0.5, 0.6) is 0 Å². The normalized spacial score (nSPS) is 13.0. The minimum atomic E-state index is -4.64. The second-order valence-electron chi connectivity index (χ2n) is 5.93. The summed E-state index contributed by atoms with van der Waals surface area (Å²) in [6.07, 6.45) is -4.96. The SMILES string of the molecule is NC(=O)[C@@H](CCS(=O)(=O)c1ccccc1)NC(=O)c1cccc(C(F)(F)F)c1. The van der Waals surface area contributed by atoms with Crippen LogP contribution in [0.25, 0.3) is 0 Å². The molecule has 0 aromatic heterocycles. The first-order valence-electron chi connectivity index (χ1n) is 8.06. The number of rotatable bonds is 7. The van der Waals surface area contributed by atoms with E-state index in [1.165, 1.54) is 24.3 Å². The number of hydrogen-bond donors (Lipinski definition) is 2. The van der Waals surface area contributed by atoms with Crippen molar-refractivity contribution in [2.24, 2.45) is 5.73 Å². The van der Waals surface area contributed by atoms with Crippen molar-refractivity contribution in [2.45, 2.75) is 23.5 Å². The molecule has 0 saturated heterocycles. The first kappa shape index (κ1) is 21.4. The number of amides is 2. The van der Waals surface area contributed by atoms with E-state index < -0.39 is 45.2 Å². The molecule has 150 valence electrons. The smallest absolute Gasteiger partial charge is 0.368 e. The Morgan fingerprint density at radius 1 is 1.04 bits per heavy atom. The Labute approximate surface area is 159 Å². The molecule has 0 bridgehead atoms. The van der Waals surface area contributed by atoms with Crippen molar-refractivity contribution in [1.29, 1.82) is 0 Å². The first-order chi connectivity index (χ1) is 13.0. The lowest BCUT2D eigenvalue weighted by Crippen LogP contribution is -2.45. The third-order valence-corrected chi connectivity index (χ3v) is 5.64. The highest BCUT2D eigenvalue weighted by Gasteiger charge is 2.31. The molecule has 0 aliphatic heterocycles. The van der Waals surface area contributed by atoms with E-state index in [0.29, 0.717) is 6.07 Å². The van der Waals surface area contributed by atoms with Gasteiger partial charge in [-0.05, 0) is 36.8 Å². The second kappa shape index (κ2) is 8.42. The molecule has 2 rings (SSSR count). The van der Waals surface area contributed by atoms with Gasteiger partial charge >= 0.3 is 6.18 Å². The monoisotopic (exact) mass is 414 g/mol. The number of nitrogens with one attached hydrogen (secondary N) is 1. The fourth-order valence-electron chi connectivity index (χ4n) is 2.38. The molecule has 0 spiro atoms. The summed E-state index contributed by atoms with van der Waals surface area (Å²) < 4.78 is 62.8. The molecule has 28 heavy (non-hydrogen) atoms. The predicted octanol–water partition coefficient (Wildman–Crippen LogP) is 2.15. The van der Waals surface area contributed by atoms with Crippen LogP contribution in [-0.4, -0.2) is 32.0 Å². The van der Waals surface area contributed by atoms with Gasteiger partial charge in [0.1, 0.15) is 6.04 Å². The van der Waals surface area contributed by atoms with Crippen molar-refractivity contribution in [3.8, 4) is 0 Å². The maximum atomic E-state index is 12.8. The molecule has 3 N–H and O–H groups in total. The van der Waals surface area contributed by atoms with E-state index in [1.807, 2.05) is 0 Å². The van der Waals surface area contributed by atoms with E-state index in [2.05, 4.69) is 5.32 Å². The molecule has 2 aromatic carbocycles. The molecule has 0 fully saturated rings. The summed E-state index contributed by atoms with van der Waals surface area (Å²) in [6.45, 7) is 0. The number of carbonyl (C=O) groups excluding carboxylic acids is 2. The van der Waals surface area contributed by atoms with Crippen LogP contribution >= 0.6 is 0 Å². The van der Waals surface area contributed by atoms with Crippen LogP contribution in [-0.2, 0) is 20.8 Å². The Bertz CT molecular complexity index is 960. The van der Waals surface area contributed by atoms with Gasteiger partial charge in [0.2, 0.25) is 5.91 Å². The fourth-order valence-corrected chi connectivity index (χ4v) is 3.74. The molecule has 6 nitrogen and oxygen atoms in total. The number of hydrogen-bond acceptors (Lipinski definition) is 4. The molecular weight excluding hydrogens is 397 g/mol. The van der Waals surface area contributed by atoms with Gasteiger partial charge in [0.25, 0.3) is 5.91 Å². The largest absolute Gasteiger partial charge is 0.416 e. The summed E-state index contributed by atoms with van der Waals surface area (Å²) in [4.78, 5) is 23.8. The molecule has 0 unspecified atom stereocenters. The second-order valence-corrected chi connectivity index (χ2v) is 8.04. The molecule has 0 aliphatic carbocycles. The quantitative estimate of drug-likeness (QED) is 0.724. The van der Waals surface area contributed by atoms with Crippen molar-refractivity contribution in [2.75, 3.05) is 5.75 Å². The lowest BCUT2D eigenvalue weighted by atomic mass is 10.1. The van der Waals surface area contributed by atoms with Gasteiger partial charge in [0.05, 0.1) is 16.2 Å². The highest BCUT2D eigenvalue weighted by molar-refractivity contribution is 7.91. The van der Waals surface area contributed by atoms with Gasteiger partial charge in [-0.1, -0.05) is 24.3 Å². The Balaban J connectivity index is 2.11. The summed E-state index contributed by atoms with van der Waals surface area (Å²) in [5, 5.41) is 2.19. The zero-order valence-corrected chi connectivity index (χ0v) is 15.3. The summed E-state index contributed by atoms with van der Waals surface area (Å²) in [5.74, 6) is -2.44. The highest BCUT2D eigenvalue weighted by atomic mass is 32.2. The highest BCUT2D eigenvalue weighted by Crippen LogP contribution is 2.29. The lowest BCUT2D eigenvalue weighted by molar-refractivity contribution is -0.137. The number of sulfone groups is 1. The number of nitrogens with two attached hydrogens (primary N) is 1. The summed E-state index contributed by atoms with van der Waals surface area (Å²) >= 11 is 0. The zero-order chi connectivity index (χ0) is 20.9. The van der Waals surface area contributed by atoms with E-state index in [-0.39, 0.29) is 16.9 Å². The molecule has 2 aromatic rings. The van der Waals surface area contributed by atoms with Gasteiger partial charge in [0, 0.05) is 5.56 Å². The average Bonchev–Trinajstić information content (AvgIpc) is 2.65. The van der Waals surface area contributed by atoms with Crippen LogP contribution in [0.3, 0.4) is 0 Å². The molecule has 0 aliphatic rings. The van der Waals surface area contributed by atoms with Crippen LogP contribution < -0.4 is 11.1 Å². The topological polar surface area (TPSA) is 106 Å². The van der Waals surface area contributed by atoms with Crippen molar-refractivity contribution in [3.63, 3.8) is 0 Å². The van der Waals surface area contributed by atoms with Gasteiger partial charge in [-0.3, -0.25) is 9.59 Å². The molecule has 0 saturated carbocycles. The minimum absolute atomic E-state index is 0.0439. The van der Waals surface area contributed by atoms with Crippen LogP contribution in [0, 0.1) is 0 Å². The van der Waals surface area contributed by atoms with E-state index in [1.54, 1.807) is 6.07 Å². The number of alkyl halides is 3. The van der Waals surface area contributed by atoms with Crippen LogP contribution in [0.4, 0.5) is 13.2 Å².